The number of aliphatic hydroxyl groups excluding tert-OH is 3. The van der Waals surface area contributed by atoms with Crippen LogP contribution in [0.2, 0.25) is 0 Å². The Kier molecular flexibility index (Phi) is 15.3. The van der Waals surface area contributed by atoms with Crippen LogP contribution < -0.4 is 0 Å². The first-order chi connectivity index (χ1) is 7.59. The van der Waals surface area contributed by atoms with Gasteiger partial charge in [-0.2, -0.15) is 0 Å². The maximum absolute atomic E-state index is 10.7. The molecule has 0 aliphatic rings. The van der Waals surface area contributed by atoms with E-state index in [-0.39, 0.29) is 33.0 Å². The summed E-state index contributed by atoms with van der Waals surface area (Å²) in [5.41, 5.74) is 0.372. The van der Waals surface area contributed by atoms with Gasteiger partial charge in [-0.15, -0.1) is 0 Å². The Bertz CT molecular complexity index is 178. The Hall–Kier alpha value is -0.950. The highest BCUT2D eigenvalue weighted by atomic mass is 16.6. The molecule has 0 aliphatic heterocycles. The minimum Gasteiger partial charge on any atom is -0.460 e. The summed E-state index contributed by atoms with van der Waals surface area (Å²) in [5.74, 6) is -0.414. The second kappa shape index (κ2) is 14.1. The summed E-state index contributed by atoms with van der Waals surface area (Å²) in [4.78, 5) is 10.7. The molecule has 0 spiro atoms. The van der Waals surface area contributed by atoms with Crippen LogP contribution in [0, 0.1) is 0 Å². The summed E-state index contributed by atoms with van der Waals surface area (Å²) < 4.78 is 9.56. The van der Waals surface area contributed by atoms with Gasteiger partial charge in [-0.25, -0.2) is 4.79 Å². The largest absolute Gasteiger partial charge is 0.460 e. The normalized spacial score (nSPS) is 9.00. The lowest BCUT2D eigenvalue weighted by Crippen LogP contribution is -2.12. The number of rotatable bonds is 7. The van der Waals surface area contributed by atoms with Crippen LogP contribution in [0.25, 0.3) is 0 Å². The molecule has 0 atom stereocenters. The van der Waals surface area contributed by atoms with Crippen molar-refractivity contribution in [3.05, 3.63) is 12.2 Å². The second-order valence-electron chi connectivity index (χ2n) is 2.70. The Balaban J connectivity index is 0. The molecule has 0 radical (unpaired) electrons. The topological polar surface area (TPSA) is 96.2 Å². The molecule has 0 saturated heterocycles. The van der Waals surface area contributed by atoms with Crippen molar-refractivity contribution in [2.45, 2.75) is 6.92 Å². The highest BCUT2D eigenvalue weighted by molar-refractivity contribution is 5.86. The fourth-order valence-corrected chi connectivity index (χ4v) is 0.483. The minimum absolute atomic E-state index is 0.0194. The zero-order valence-electron chi connectivity index (χ0n) is 9.52. The predicted molar refractivity (Wildman–Crippen MR) is 57.8 cm³/mol. The predicted octanol–water partition coefficient (Wildman–Crippen LogP) is -0.914. The van der Waals surface area contributed by atoms with Gasteiger partial charge in [0.1, 0.15) is 6.61 Å². The van der Waals surface area contributed by atoms with Crippen molar-refractivity contribution in [3.8, 4) is 0 Å². The van der Waals surface area contributed by atoms with Gasteiger partial charge < -0.3 is 24.8 Å². The van der Waals surface area contributed by atoms with Crippen molar-refractivity contribution >= 4 is 5.97 Å². The van der Waals surface area contributed by atoms with Gasteiger partial charge in [0, 0.05) is 5.57 Å². The van der Waals surface area contributed by atoms with E-state index < -0.39 is 5.97 Å². The summed E-state index contributed by atoms with van der Waals surface area (Å²) in [7, 11) is 0. The number of carbonyl (C=O) groups excluding carboxylic acids is 1. The summed E-state index contributed by atoms with van der Waals surface area (Å²) in [6.07, 6.45) is 0. The zero-order chi connectivity index (χ0) is 12.8. The van der Waals surface area contributed by atoms with E-state index in [0.717, 1.165) is 0 Å². The van der Waals surface area contributed by atoms with E-state index in [1.165, 1.54) is 0 Å². The summed E-state index contributed by atoms with van der Waals surface area (Å²) in [6.45, 7) is 5.50. The first kappa shape index (κ1) is 17.4. The number of hydrogen-bond acceptors (Lipinski definition) is 6. The summed E-state index contributed by atoms with van der Waals surface area (Å²) in [6, 6.07) is 0. The van der Waals surface area contributed by atoms with Gasteiger partial charge in [0.2, 0.25) is 0 Å². The van der Waals surface area contributed by atoms with Crippen molar-refractivity contribution in [2.75, 3.05) is 39.6 Å². The van der Waals surface area contributed by atoms with Crippen molar-refractivity contribution in [2.24, 2.45) is 0 Å². The summed E-state index contributed by atoms with van der Waals surface area (Å²) in [5, 5.41) is 23.6. The van der Waals surface area contributed by atoms with Crippen LogP contribution in [-0.4, -0.2) is 60.9 Å². The Morgan fingerprint density at radius 1 is 1.06 bits per heavy atom. The average molecular weight is 236 g/mol. The molecule has 0 aromatic heterocycles. The van der Waals surface area contributed by atoms with Crippen molar-refractivity contribution in [1.82, 2.24) is 0 Å². The van der Waals surface area contributed by atoms with Crippen molar-refractivity contribution in [1.29, 1.82) is 0 Å². The average Bonchev–Trinajstić information content (AvgIpc) is 2.28. The fraction of sp³-hybridized carbons (Fsp3) is 0.700. The van der Waals surface area contributed by atoms with Crippen LogP contribution in [0.15, 0.2) is 12.2 Å². The van der Waals surface area contributed by atoms with Crippen LogP contribution in [0.4, 0.5) is 0 Å². The third kappa shape index (κ3) is 15.5. The standard InChI is InChI=1S/C8H14O4.C2H6O2/c1-7(2)8(10)12-6-5-11-4-3-9;3-1-2-4/h9H,1,3-6H2,2H3;3-4H,1-2H2. The van der Waals surface area contributed by atoms with Crippen LogP contribution >= 0.6 is 0 Å². The van der Waals surface area contributed by atoms with E-state index in [9.17, 15) is 4.79 Å². The number of carbonyl (C=O) groups is 1. The van der Waals surface area contributed by atoms with Crippen molar-refractivity contribution in [3.63, 3.8) is 0 Å². The Morgan fingerprint density at radius 3 is 2.00 bits per heavy atom. The van der Waals surface area contributed by atoms with E-state index in [1.807, 2.05) is 0 Å². The molecule has 0 rings (SSSR count). The van der Waals surface area contributed by atoms with E-state index in [0.29, 0.717) is 12.2 Å². The Morgan fingerprint density at radius 2 is 1.62 bits per heavy atom. The minimum atomic E-state index is -0.414. The molecule has 96 valence electrons. The monoisotopic (exact) mass is 236 g/mol. The molecule has 0 saturated carbocycles. The molecule has 16 heavy (non-hydrogen) atoms. The number of esters is 1. The quantitative estimate of drug-likeness (QED) is 0.301. The van der Waals surface area contributed by atoms with Crippen LogP contribution in [-0.2, 0) is 14.3 Å². The molecular weight excluding hydrogens is 216 g/mol. The molecule has 3 N–H and O–H groups in total. The first-order valence-corrected chi connectivity index (χ1v) is 4.83. The van der Waals surface area contributed by atoms with Gasteiger partial charge in [-0.3, -0.25) is 0 Å². The van der Waals surface area contributed by atoms with Crippen molar-refractivity contribution < 1.29 is 29.6 Å². The Labute approximate surface area is 95.1 Å². The van der Waals surface area contributed by atoms with Gasteiger partial charge in [-0.05, 0) is 6.92 Å². The van der Waals surface area contributed by atoms with Gasteiger partial charge in [0.05, 0.1) is 33.0 Å². The number of ether oxygens (including phenoxy) is 2. The molecule has 0 heterocycles. The van der Waals surface area contributed by atoms with Gasteiger partial charge in [0.15, 0.2) is 0 Å². The van der Waals surface area contributed by atoms with E-state index >= 15 is 0 Å². The molecule has 0 aromatic rings. The molecule has 6 nitrogen and oxygen atoms in total. The molecule has 0 aliphatic carbocycles. The second-order valence-corrected chi connectivity index (χ2v) is 2.70. The lowest BCUT2D eigenvalue weighted by atomic mass is 10.4. The lowest BCUT2D eigenvalue weighted by Gasteiger charge is -2.03. The highest BCUT2D eigenvalue weighted by Crippen LogP contribution is 1.91. The lowest BCUT2D eigenvalue weighted by molar-refractivity contribution is -0.140. The maximum atomic E-state index is 10.7. The van der Waals surface area contributed by atoms with E-state index in [2.05, 4.69) is 6.58 Å². The molecule has 0 amide bonds. The molecule has 6 heteroatoms. The van der Waals surface area contributed by atoms with E-state index in [1.54, 1.807) is 6.92 Å². The third-order valence-corrected chi connectivity index (χ3v) is 1.14. The van der Waals surface area contributed by atoms with Crippen LogP contribution in [0.1, 0.15) is 6.92 Å². The zero-order valence-corrected chi connectivity index (χ0v) is 9.52. The molecule has 0 bridgehead atoms. The molecule has 0 unspecified atom stereocenters. The number of aliphatic hydroxyl groups is 3. The molecule has 0 aromatic carbocycles. The van der Waals surface area contributed by atoms with E-state index in [4.69, 9.17) is 24.8 Å². The SMILES string of the molecule is C=C(C)C(=O)OCCOCCO.OCCO. The smallest absolute Gasteiger partial charge is 0.333 e. The molecular formula is C10H20O6. The third-order valence-electron chi connectivity index (χ3n) is 1.14. The first-order valence-electron chi connectivity index (χ1n) is 4.83. The van der Waals surface area contributed by atoms with Crippen LogP contribution in [0.3, 0.4) is 0 Å². The van der Waals surface area contributed by atoms with Gasteiger partial charge >= 0.3 is 5.97 Å². The highest BCUT2D eigenvalue weighted by Gasteiger charge is 2.01. The fourth-order valence-electron chi connectivity index (χ4n) is 0.483. The maximum Gasteiger partial charge on any atom is 0.333 e. The molecule has 0 fully saturated rings. The van der Waals surface area contributed by atoms with Crippen LogP contribution in [0.5, 0.6) is 0 Å². The van der Waals surface area contributed by atoms with Gasteiger partial charge in [0.25, 0.3) is 0 Å². The van der Waals surface area contributed by atoms with Gasteiger partial charge in [-0.1, -0.05) is 6.58 Å². The number of hydrogen-bond donors (Lipinski definition) is 3. The summed E-state index contributed by atoms with van der Waals surface area (Å²) >= 11 is 0.